The van der Waals surface area contributed by atoms with Crippen LogP contribution in [0.25, 0.3) is 43.4 Å². The van der Waals surface area contributed by atoms with Crippen LogP contribution in [0.5, 0.6) is 0 Å². The molecular weight excluding hydrogens is 348 g/mol. The molecule has 0 spiro atoms. The van der Waals surface area contributed by atoms with Crippen LogP contribution in [0.3, 0.4) is 0 Å². The molecule has 0 aliphatic carbocycles. The molecule has 142 valence electrons. The fourth-order valence-corrected chi connectivity index (χ4v) is 5.10. The molecule has 5 aromatic carbocycles. The van der Waals surface area contributed by atoms with Gasteiger partial charge < -0.3 is 0 Å². The van der Waals surface area contributed by atoms with Crippen LogP contribution < -0.4 is 0 Å². The number of hydrogen-bond acceptors (Lipinski definition) is 0. The van der Waals surface area contributed by atoms with Gasteiger partial charge in [-0.2, -0.15) is 0 Å². The van der Waals surface area contributed by atoms with Crippen LogP contribution in [0.4, 0.5) is 0 Å². The number of rotatable bonds is 2. The second-order valence-corrected chi connectivity index (χ2v) is 8.17. The SMILES string of the molecule is CCc1ccccc1-c1ccc2c3cccc(C)c3c3c(C)cccc3c2c1C. The lowest BCUT2D eigenvalue weighted by Gasteiger charge is -2.18. The second kappa shape index (κ2) is 6.74. The van der Waals surface area contributed by atoms with Crippen LogP contribution >= 0.6 is 0 Å². The van der Waals surface area contributed by atoms with Crippen molar-refractivity contribution >= 4 is 32.3 Å². The first-order valence-electron chi connectivity index (χ1n) is 10.5. The average Bonchev–Trinajstić information content (AvgIpc) is 2.74. The van der Waals surface area contributed by atoms with Crippen LogP contribution in [-0.4, -0.2) is 0 Å². The topological polar surface area (TPSA) is 0 Å². The summed E-state index contributed by atoms with van der Waals surface area (Å²) in [5.41, 5.74) is 8.20. The lowest BCUT2D eigenvalue weighted by Crippen LogP contribution is -1.94. The number of aryl methyl sites for hydroxylation is 4. The first-order chi connectivity index (χ1) is 14.1. The van der Waals surface area contributed by atoms with Gasteiger partial charge in [0.25, 0.3) is 0 Å². The third-order valence-corrected chi connectivity index (χ3v) is 6.51. The Morgan fingerprint density at radius 1 is 0.517 bits per heavy atom. The molecule has 0 aliphatic rings. The zero-order chi connectivity index (χ0) is 20.1. The van der Waals surface area contributed by atoms with Crippen molar-refractivity contribution in [3.05, 3.63) is 95.1 Å². The zero-order valence-electron chi connectivity index (χ0n) is 17.6. The normalized spacial score (nSPS) is 11.6. The van der Waals surface area contributed by atoms with E-state index in [-0.39, 0.29) is 0 Å². The van der Waals surface area contributed by atoms with E-state index in [1.165, 1.54) is 65.7 Å². The summed E-state index contributed by atoms with van der Waals surface area (Å²) in [6, 6.07) is 27.0. The third-order valence-electron chi connectivity index (χ3n) is 6.51. The van der Waals surface area contributed by atoms with Crippen molar-refractivity contribution in [1.82, 2.24) is 0 Å². The Morgan fingerprint density at radius 3 is 1.86 bits per heavy atom. The fraction of sp³-hybridized carbons (Fsp3) is 0.172. The Morgan fingerprint density at radius 2 is 1.14 bits per heavy atom. The highest BCUT2D eigenvalue weighted by Crippen LogP contribution is 2.42. The lowest BCUT2D eigenvalue weighted by molar-refractivity contribution is 1.14. The summed E-state index contributed by atoms with van der Waals surface area (Å²) in [5, 5.41) is 8.28. The predicted octanol–water partition coefficient (Wildman–Crippen LogP) is 8.30. The van der Waals surface area contributed by atoms with Gasteiger partial charge in [0.1, 0.15) is 0 Å². The van der Waals surface area contributed by atoms with Gasteiger partial charge in [0.2, 0.25) is 0 Å². The molecule has 5 aromatic rings. The maximum absolute atomic E-state index is 2.34. The minimum Gasteiger partial charge on any atom is -0.0620 e. The van der Waals surface area contributed by atoms with Crippen molar-refractivity contribution in [3.63, 3.8) is 0 Å². The van der Waals surface area contributed by atoms with Crippen LogP contribution in [0.15, 0.2) is 72.8 Å². The summed E-state index contributed by atoms with van der Waals surface area (Å²) >= 11 is 0. The van der Waals surface area contributed by atoms with E-state index >= 15 is 0 Å². The second-order valence-electron chi connectivity index (χ2n) is 8.17. The molecule has 0 saturated heterocycles. The smallest absolute Gasteiger partial charge is 0.00634 e. The highest BCUT2D eigenvalue weighted by Gasteiger charge is 2.16. The van der Waals surface area contributed by atoms with Gasteiger partial charge in [-0.1, -0.05) is 79.7 Å². The van der Waals surface area contributed by atoms with E-state index in [4.69, 9.17) is 0 Å². The number of fused-ring (bicyclic) bond motifs is 6. The molecule has 29 heavy (non-hydrogen) atoms. The molecule has 0 atom stereocenters. The highest BCUT2D eigenvalue weighted by atomic mass is 14.2. The largest absolute Gasteiger partial charge is 0.0620 e. The molecule has 0 nitrogen and oxygen atoms in total. The predicted molar refractivity (Wildman–Crippen MR) is 128 cm³/mol. The summed E-state index contributed by atoms with van der Waals surface area (Å²) < 4.78 is 0. The Hall–Kier alpha value is -3.12. The van der Waals surface area contributed by atoms with E-state index in [2.05, 4.69) is 100 Å². The van der Waals surface area contributed by atoms with E-state index in [0.717, 1.165) is 6.42 Å². The summed E-state index contributed by atoms with van der Waals surface area (Å²) in [5.74, 6) is 0. The first kappa shape index (κ1) is 17.9. The minimum atomic E-state index is 1.05. The molecule has 0 aromatic heterocycles. The van der Waals surface area contributed by atoms with Gasteiger partial charge >= 0.3 is 0 Å². The Labute approximate surface area is 172 Å². The molecule has 0 heterocycles. The van der Waals surface area contributed by atoms with E-state index in [1.807, 2.05) is 0 Å². The van der Waals surface area contributed by atoms with Crippen molar-refractivity contribution in [2.24, 2.45) is 0 Å². The summed E-state index contributed by atoms with van der Waals surface area (Å²) in [6.07, 6.45) is 1.05. The van der Waals surface area contributed by atoms with E-state index in [9.17, 15) is 0 Å². The van der Waals surface area contributed by atoms with Crippen molar-refractivity contribution in [2.45, 2.75) is 34.1 Å². The zero-order valence-corrected chi connectivity index (χ0v) is 17.6. The van der Waals surface area contributed by atoms with Crippen LogP contribution in [-0.2, 0) is 6.42 Å². The number of benzene rings is 5. The monoisotopic (exact) mass is 374 g/mol. The summed E-state index contributed by atoms with van der Waals surface area (Å²) in [4.78, 5) is 0. The van der Waals surface area contributed by atoms with Gasteiger partial charge in [0.05, 0.1) is 0 Å². The van der Waals surface area contributed by atoms with Gasteiger partial charge in [-0.3, -0.25) is 0 Å². The van der Waals surface area contributed by atoms with Crippen LogP contribution in [0.1, 0.15) is 29.2 Å². The maximum atomic E-state index is 2.34. The molecule has 0 heteroatoms. The molecule has 0 bridgehead atoms. The first-order valence-corrected chi connectivity index (χ1v) is 10.5. The molecule has 5 rings (SSSR count). The highest BCUT2D eigenvalue weighted by molar-refractivity contribution is 6.28. The van der Waals surface area contributed by atoms with Gasteiger partial charge in [0, 0.05) is 0 Å². The quantitative estimate of drug-likeness (QED) is 0.273. The van der Waals surface area contributed by atoms with Crippen molar-refractivity contribution in [3.8, 4) is 11.1 Å². The van der Waals surface area contributed by atoms with Crippen LogP contribution in [0.2, 0.25) is 0 Å². The molecular formula is C29H26. The molecule has 0 saturated carbocycles. The standard InChI is InChI=1S/C29H26/c1-5-21-12-6-7-13-23(21)22-16-17-25-24-14-8-10-18(2)27(24)28-19(3)11-9-15-26(28)29(25)20(22)4/h6-17H,5H2,1-4H3. The Kier molecular flexibility index (Phi) is 4.17. The van der Waals surface area contributed by atoms with Crippen LogP contribution in [0, 0.1) is 20.8 Å². The van der Waals surface area contributed by atoms with E-state index in [1.54, 1.807) is 0 Å². The molecule has 0 aliphatic heterocycles. The molecule has 0 fully saturated rings. The molecule has 0 N–H and O–H groups in total. The third kappa shape index (κ3) is 2.59. The van der Waals surface area contributed by atoms with Gasteiger partial charge in [-0.15, -0.1) is 0 Å². The fourth-order valence-electron chi connectivity index (χ4n) is 5.10. The van der Waals surface area contributed by atoms with Gasteiger partial charge in [-0.25, -0.2) is 0 Å². The molecule has 0 unspecified atom stereocenters. The van der Waals surface area contributed by atoms with Crippen molar-refractivity contribution < 1.29 is 0 Å². The lowest BCUT2D eigenvalue weighted by atomic mass is 9.85. The minimum absolute atomic E-state index is 1.05. The van der Waals surface area contributed by atoms with Gasteiger partial charge in [0.15, 0.2) is 0 Å². The molecule has 0 amide bonds. The van der Waals surface area contributed by atoms with Crippen molar-refractivity contribution in [1.29, 1.82) is 0 Å². The Bertz CT molecular complexity index is 1400. The molecule has 0 radical (unpaired) electrons. The van der Waals surface area contributed by atoms with E-state index < -0.39 is 0 Å². The number of hydrogen-bond donors (Lipinski definition) is 0. The van der Waals surface area contributed by atoms with Gasteiger partial charge in [-0.05, 0) is 92.9 Å². The maximum Gasteiger partial charge on any atom is -0.00634 e. The Balaban J connectivity index is 2.03. The summed E-state index contributed by atoms with van der Waals surface area (Å²) in [7, 11) is 0. The van der Waals surface area contributed by atoms with Crippen molar-refractivity contribution in [2.75, 3.05) is 0 Å². The average molecular weight is 375 g/mol. The van der Waals surface area contributed by atoms with E-state index in [0.29, 0.717) is 0 Å². The summed E-state index contributed by atoms with van der Waals surface area (Å²) in [6.45, 7) is 9.02.